The summed E-state index contributed by atoms with van der Waals surface area (Å²) >= 11 is 0. The number of amides is 1. The molecule has 3 aromatic rings. The second-order valence-electron chi connectivity index (χ2n) is 6.06. The standard InChI is InChI=1S/C22H23NO3/c1-2-26-21-13-6-5-11-19(21)22(25)23-15-14-20(24)18-12-7-9-16-8-3-4-10-17(16)18/h3-13,20,24H,2,14-15H2,1H3,(H,23,25). The highest BCUT2D eigenvalue weighted by Crippen LogP contribution is 2.26. The average Bonchev–Trinajstić information content (AvgIpc) is 2.68. The molecule has 0 saturated heterocycles. The second-order valence-corrected chi connectivity index (χ2v) is 6.06. The number of rotatable bonds is 7. The quantitative estimate of drug-likeness (QED) is 0.675. The van der Waals surface area contributed by atoms with Crippen LogP contribution < -0.4 is 10.1 Å². The van der Waals surface area contributed by atoms with Crippen molar-refractivity contribution in [1.82, 2.24) is 5.32 Å². The van der Waals surface area contributed by atoms with Crippen LogP contribution in [-0.4, -0.2) is 24.2 Å². The van der Waals surface area contributed by atoms with E-state index in [2.05, 4.69) is 5.32 Å². The minimum atomic E-state index is -0.636. The van der Waals surface area contributed by atoms with Crippen LogP contribution in [0.1, 0.15) is 35.4 Å². The molecule has 0 heterocycles. The lowest BCUT2D eigenvalue weighted by Crippen LogP contribution is -2.26. The molecule has 0 radical (unpaired) electrons. The zero-order valence-electron chi connectivity index (χ0n) is 14.8. The number of hydrogen-bond donors (Lipinski definition) is 2. The normalized spacial score (nSPS) is 11.9. The molecule has 0 bridgehead atoms. The summed E-state index contributed by atoms with van der Waals surface area (Å²) < 4.78 is 5.49. The first-order chi connectivity index (χ1) is 12.7. The lowest BCUT2D eigenvalue weighted by atomic mass is 9.99. The molecule has 1 unspecified atom stereocenters. The molecule has 0 aromatic heterocycles. The van der Waals surface area contributed by atoms with Gasteiger partial charge in [-0.15, -0.1) is 0 Å². The van der Waals surface area contributed by atoms with Crippen molar-refractivity contribution < 1.29 is 14.6 Å². The largest absolute Gasteiger partial charge is 0.493 e. The van der Waals surface area contributed by atoms with Gasteiger partial charge in [0.25, 0.3) is 5.91 Å². The fourth-order valence-electron chi connectivity index (χ4n) is 3.05. The molecule has 0 aliphatic carbocycles. The molecule has 0 aliphatic rings. The van der Waals surface area contributed by atoms with Crippen molar-refractivity contribution in [3.05, 3.63) is 77.9 Å². The van der Waals surface area contributed by atoms with E-state index in [0.717, 1.165) is 16.3 Å². The lowest BCUT2D eigenvalue weighted by molar-refractivity contribution is 0.0939. The molecule has 26 heavy (non-hydrogen) atoms. The van der Waals surface area contributed by atoms with E-state index in [1.165, 1.54) is 0 Å². The molecular formula is C22H23NO3. The Kier molecular flexibility index (Phi) is 5.87. The van der Waals surface area contributed by atoms with Gasteiger partial charge < -0.3 is 15.2 Å². The monoisotopic (exact) mass is 349 g/mol. The molecule has 0 saturated carbocycles. The van der Waals surface area contributed by atoms with Gasteiger partial charge in [-0.3, -0.25) is 4.79 Å². The summed E-state index contributed by atoms with van der Waals surface area (Å²) in [6.45, 7) is 2.77. The van der Waals surface area contributed by atoms with Crippen LogP contribution in [0, 0.1) is 0 Å². The van der Waals surface area contributed by atoms with Gasteiger partial charge in [0.15, 0.2) is 0 Å². The summed E-state index contributed by atoms with van der Waals surface area (Å²) in [6, 6.07) is 21.0. The van der Waals surface area contributed by atoms with E-state index in [-0.39, 0.29) is 5.91 Å². The minimum absolute atomic E-state index is 0.195. The third-order valence-corrected chi connectivity index (χ3v) is 4.32. The van der Waals surface area contributed by atoms with E-state index >= 15 is 0 Å². The number of para-hydroxylation sites is 1. The lowest BCUT2D eigenvalue weighted by Gasteiger charge is -2.15. The summed E-state index contributed by atoms with van der Waals surface area (Å²) in [4.78, 5) is 12.4. The highest BCUT2D eigenvalue weighted by Gasteiger charge is 2.14. The number of fused-ring (bicyclic) bond motifs is 1. The van der Waals surface area contributed by atoms with Gasteiger partial charge in [-0.25, -0.2) is 0 Å². The predicted octanol–water partition coefficient (Wildman–Crippen LogP) is 4.09. The van der Waals surface area contributed by atoms with Crippen molar-refractivity contribution in [2.75, 3.05) is 13.2 Å². The van der Waals surface area contributed by atoms with E-state index in [1.807, 2.05) is 61.5 Å². The zero-order chi connectivity index (χ0) is 18.4. The molecule has 4 heteroatoms. The fraction of sp³-hybridized carbons (Fsp3) is 0.227. The number of carbonyl (C=O) groups is 1. The number of hydrogen-bond acceptors (Lipinski definition) is 3. The summed E-state index contributed by atoms with van der Waals surface area (Å²) in [7, 11) is 0. The van der Waals surface area contributed by atoms with Crippen LogP contribution in [0.15, 0.2) is 66.7 Å². The molecule has 3 aromatic carbocycles. The first-order valence-corrected chi connectivity index (χ1v) is 8.86. The van der Waals surface area contributed by atoms with Gasteiger partial charge in [-0.05, 0) is 41.8 Å². The van der Waals surface area contributed by atoms with E-state index in [0.29, 0.717) is 30.9 Å². The predicted molar refractivity (Wildman–Crippen MR) is 103 cm³/mol. The van der Waals surface area contributed by atoms with Crippen molar-refractivity contribution in [3.63, 3.8) is 0 Å². The molecule has 0 fully saturated rings. The van der Waals surface area contributed by atoms with Gasteiger partial charge in [-0.2, -0.15) is 0 Å². The van der Waals surface area contributed by atoms with E-state index in [4.69, 9.17) is 4.74 Å². The van der Waals surface area contributed by atoms with Gasteiger partial charge in [-0.1, -0.05) is 54.6 Å². The van der Waals surface area contributed by atoms with Gasteiger partial charge in [0.05, 0.1) is 18.3 Å². The van der Waals surface area contributed by atoms with Crippen LogP contribution >= 0.6 is 0 Å². The molecule has 134 valence electrons. The Morgan fingerprint density at radius 2 is 1.77 bits per heavy atom. The zero-order valence-corrected chi connectivity index (χ0v) is 14.8. The van der Waals surface area contributed by atoms with Crippen molar-refractivity contribution >= 4 is 16.7 Å². The summed E-state index contributed by atoms with van der Waals surface area (Å²) in [5.74, 6) is 0.376. The van der Waals surface area contributed by atoms with E-state index < -0.39 is 6.10 Å². The van der Waals surface area contributed by atoms with Crippen LogP contribution in [0.4, 0.5) is 0 Å². The minimum Gasteiger partial charge on any atom is -0.493 e. The number of ether oxygens (including phenoxy) is 1. The molecule has 0 spiro atoms. The molecule has 1 amide bonds. The second kappa shape index (κ2) is 8.50. The number of aliphatic hydroxyl groups excluding tert-OH is 1. The van der Waals surface area contributed by atoms with Crippen LogP contribution in [0.5, 0.6) is 5.75 Å². The van der Waals surface area contributed by atoms with Crippen LogP contribution in [-0.2, 0) is 0 Å². The Morgan fingerprint density at radius 3 is 2.62 bits per heavy atom. The van der Waals surface area contributed by atoms with Crippen molar-refractivity contribution in [1.29, 1.82) is 0 Å². The van der Waals surface area contributed by atoms with E-state index in [9.17, 15) is 9.90 Å². The number of carbonyl (C=O) groups excluding carboxylic acids is 1. The third kappa shape index (κ3) is 4.03. The van der Waals surface area contributed by atoms with E-state index in [1.54, 1.807) is 12.1 Å². The molecule has 3 rings (SSSR count). The van der Waals surface area contributed by atoms with Gasteiger partial charge in [0, 0.05) is 6.54 Å². The molecule has 1 atom stereocenters. The Morgan fingerprint density at radius 1 is 1.04 bits per heavy atom. The van der Waals surface area contributed by atoms with Gasteiger partial charge in [0.2, 0.25) is 0 Å². The highest BCUT2D eigenvalue weighted by molar-refractivity contribution is 5.96. The molecular weight excluding hydrogens is 326 g/mol. The van der Waals surface area contributed by atoms with Crippen LogP contribution in [0.3, 0.4) is 0 Å². The van der Waals surface area contributed by atoms with Gasteiger partial charge >= 0.3 is 0 Å². The Balaban J connectivity index is 1.63. The Bertz CT molecular complexity index is 886. The van der Waals surface area contributed by atoms with Crippen LogP contribution in [0.25, 0.3) is 10.8 Å². The van der Waals surface area contributed by atoms with Crippen molar-refractivity contribution in [3.8, 4) is 5.75 Å². The number of benzene rings is 3. The smallest absolute Gasteiger partial charge is 0.255 e. The fourth-order valence-corrected chi connectivity index (χ4v) is 3.05. The Labute approximate surface area is 153 Å². The first kappa shape index (κ1) is 18.0. The Hall–Kier alpha value is -2.85. The van der Waals surface area contributed by atoms with Gasteiger partial charge in [0.1, 0.15) is 5.75 Å². The molecule has 0 aliphatic heterocycles. The first-order valence-electron chi connectivity index (χ1n) is 8.86. The molecule has 4 nitrogen and oxygen atoms in total. The number of aliphatic hydroxyl groups is 1. The van der Waals surface area contributed by atoms with Crippen molar-refractivity contribution in [2.24, 2.45) is 0 Å². The SMILES string of the molecule is CCOc1ccccc1C(=O)NCCC(O)c1cccc2ccccc12. The van der Waals surface area contributed by atoms with Crippen LogP contribution in [0.2, 0.25) is 0 Å². The maximum absolute atomic E-state index is 12.4. The maximum Gasteiger partial charge on any atom is 0.255 e. The summed E-state index contributed by atoms with van der Waals surface area (Å²) in [5, 5.41) is 15.6. The summed E-state index contributed by atoms with van der Waals surface area (Å²) in [5.41, 5.74) is 1.39. The maximum atomic E-state index is 12.4. The highest BCUT2D eigenvalue weighted by atomic mass is 16.5. The van der Waals surface area contributed by atoms with Crippen molar-refractivity contribution in [2.45, 2.75) is 19.4 Å². The number of nitrogens with one attached hydrogen (secondary N) is 1. The third-order valence-electron chi connectivity index (χ3n) is 4.32. The molecule has 2 N–H and O–H groups in total. The topological polar surface area (TPSA) is 58.6 Å². The average molecular weight is 349 g/mol. The summed E-state index contributed by atoms with van der Waals surface area (Å²) in [6.07, 6.45) is -0.195.